The van der Waals surface area contributed by atoms with Crippen molar-refractivity contribution in [2.45, 2.75) is 33.7 Å². The molecule has 0 fully saturated rings. The highest BCUT2D eigenvalue weighted by molar-refractivity contribution is 7.07. The number of ketones is 1. The lowest BCUT2D eigenvalue weighted by molar-refractivity contribution is -0.114. The molecule has 1 atom stereocenters. The van der Waals surface area contributed by atoms with E-state index in [1.165, 1.54) is 18.3 Å². The number of benzene rings is 2. The third-order valence-corrected chi connectivity index (χ3v) is 7.89. The molecule has 8 heteroatoms. The van der Waals surface area contributed by atoms with Crippen molar-refractivity contribution in [2.24, 2.45) is 4.99 Å². The van der Waals surface area contributed by atoms with Gasteiger partial charge in [0, 0.05) is 40.0 Å². The highest BCUT2D eigenvalue weighted by Gasteiger charge is 2.32. The van der Waals surface area contributed by atoms with E-state index in [2.05, 4.69) is 34.7 Å². The fraction of sp³-hybridized carbons (Fsp3) is 0.233. The fourth-order valence-corrected chi connectivity index (χ4v) is 6.20. The van der Waals surface area contributed by atoms with E-state index in [1.807, 2.05) is 44.2 Å². The Morgan fingerprint density at radius 2 is 1.76 bits per heavy atom. The zero-order chi connectivity index (χ0) is 27.1. The average molecular weight is 528 g/mol. The third-order valence-electron chi connectivity index (χ3n) is 6.91. The quantitative estimate of drug-likeness (QED) is 0.376. The second-order valence-corrected chi connectivity index (χ2v) is 10.3. The second kappa shape index (κ2) is 9.95. The van der Waals surface area contributed by atoms with Gasteiger partial charge < -0.3 is 14.0 Å². The molecule has 0 amide bonds. The maximum absolute atomic E-state index is 13.9. The van der Waals surface area contributed by atoms with Crippen LogP contribution in [0.2, 0.25) is 0 Å². The first-order chi connectivity index (χ1) is 18.2. The number of hydrogen-bond acceptors (Lipinski definition) is 6. The van der Waals surface area contributed by atoms with Crippen molar-refractivity contribution in [1.29, 1.82) is 0 Å². The highest BCUT2D eigenvalue weighted by atomic mass is 32.1. The summed E-state index contributed by atoms with van der Waals surface area (Å²) < 4.78 is 15.4. The Hall–Kier alpha value is -4.17. The molecule has 3 heterocycles. The molecule has 2 aromatic carbocycles. The van der Waals surface area contributed by atoms with Crippen LogP contribution in [0.25, 0.3) is 11.8 Å². The van der Waals surface area contributed by atoms with Crippen LogP contribution in [0.4, 0.5) is 0 Å². The number of methoxy groups -OCH3 is 2. The van der Waals surface area contributed by atoms with Gasteiger partial charge in [-0.15, -0.1) is 0 Å². The van der Waals surface area contributed by atoms with Crippen LogP contribution in [0.5, 0.6) is 11.5 Å². The smallest absolute Gasteiger partial charge is 0.271 e. The first-order valence-electron chi connectivity index (χ1n) is 12.2. The van der Waals surface area contributed by atoms with Gasteiger partial charge in [-0.05, 0) is 69.7 Å². The van der Waals surface area contributed by atoms with E-state index in [4.69, 9.17) is 9.47 Å². The summed E-state index contributed by atoms with van der Waals surface area (Å²) in [7, 11) is 3.14. The van der Waals surface area contributed by atoms with Gasteiger partial charge in [-0.2, -0.15) is 0 Å². The van der Waals surface area contributed by atoms with Gasteiger partial charge in [-0.1, -0.05) is 29.5 Å². The molecule has 0 aliphatic carbocycles. The van der Waals surface area contributed by atoms with Crippen LogP contribution < -0.4 is 24.4 Å². The number of hydrogen-bond donors (Lipinski definition) is 0. The predicted molar refractivity (Wildman–Crippen MR) is 149 cm³/mol. The van der Waals surface area contributed by atoms with Gasteiger partial charge in [0.05, 0.1) is 24.8 Å². The topological polar surface area (TPSA) is 74.8 Å². The van der Waals surface area contributed by atoms with Crippen molar-refractivity contribution >= 4 is 23.2 Å². The largest absolute Gasteiger partial charge is 0.497 e. The number of nitrogens with zero attached hydrogens (tertiary/aromatic N) is 3. The molecule has 2 aromatic heterocycles. The lowest BCUT2D eigenvalue weighted by Gasteiger charge is -2.26. The van der Waals surface area contributed by atoms with E-state index < -0.39 is 6.04 Å². The summed E-state index contributed by atoms with van der Waals surface area (Å²) >= 11 is 1.32. The molecule has 0 unspecified atom stereocenters. The minimum absolute atomic E-state index is 0.144. The van der Waals surface area contributed by atoms with Crippen molar-refractivity contribution in [3.63, 3.8) is 0 Å². The Balaban J connectivity index is 1.73. The van der Waals surface area contributed by atoms with Gasteiger partial charge in [0.25, 0.3) is 5.56 Å². The van der Waals surface area contributed by atoms with E-state index >= 15 is 0 Å². The van der Waals surface area contributed by atoms with Crippen molar-refractivity contribution in [1.82, 2.24) is 9.13 Å². The minimum atomic E-state index is -0.663. The molecule has 194 valence electrons. The summed E-state index contributed by atoms with van der Waals surface area (Å²) in [6.45, 7) is 7.42. The number of thiazole rings is 1. The van der Waals surface area contributed by atoms with Crippen LogP contribution in [0.1, 0.15) is 42.4 Å². The normalized spacial score (nSPS) is 15.3. The van der Waals surface area contributed by atoms with Gasteiger partial charge in [0.1, 0.15) is 11.5 Å². The highest BCUT2D eigenvalue weighted by Crippen LogP contribution is 2.37. The number of fused-ring (bicyclic) bond motifs is 1. The standard InChI is InChI=1S/C30H29N3O4S/c1-17-14-21(19(3)32(17)22-10-8-7-9-11-22)15-26-29(35)33-28(24-13-12-23(36-5)16-25(24)37-6)27(20(4)34)18(2)31-30(33)38-26/h7-16,28H,1-6H3/t28-/m1/s1. The van der Waals surface area contributed by atoms with Gasteiger partial charge in [0.2, 0.25) is 0 Å². The van der Waals surface area contributed by atoms with Crippen LogP contribution >= 0.6 is 11.3 Å². The molecule has 1 aliphatic heterocycles. The summed E-state index contributed by atoms with van der Waals surface area (Å²) in [5.74, 6) is 1.01. The monoisotopic (exact) mass is 527 g/mol. The van der Waals surface area contributed by atoms with Crippen LogP contribution in [-0.2, 0) is 4.79 Å². The maximum atomic E-state index is 13.9. The number of carbonyl (C=O) groups excluding carboxylic acids is 1. The number of Topliss-reactive ketones (excluding diaryl/α,β-unsaturated/α-hetero) is 1. The van der Waals surface area contributed by atoms with Crippen LogP contribution in [0, 0.1) is 13.8 Å². The first-order valence-corrected chi connectivity index (χ1v) is 13.1. The lowest BCUT2D eigenvalue weighted by Crippen LogP contribution is -2.39. The second-order valence-electron chi connectivity index (χ2n) is 9.24. The number of carbonyl (C=O) groups is 1. The Kier molecular flexibility index (Phi) is 6.67. The SMILES string of the molecule is COc1ccc([C@@H]2C(C(C)=O)=C(C)N=c3sc(=Cc4cc(C)n(-c5ccccc5)c4C)c(=O)n32)c(OC)c1. The fourth-order valence-electron chi connectivity index (χ4n) is 5.16. The van der Waals surface area contributed by atoms with Gasteiger partial charge in [-0.3, -0.25) is 14.2 Å². The van der Waals surface area contributed by atoms with Gasteiger partial charge in [0.15, 0.2) is 10.6 Å². The Morgan fingerprint density at radius 3 is 2.42 bits per heavy atom. The molecule has 4 aromatic rings. The molecular weight excluding hydrogens is 498 g/mol. The molecule has 0 bridgehead atoms. The van der Waals surface area contributed by atoms with Crippen LogP contribution in [-0.4, -0.2) is 29.1 Å². The van der Waals surface area contributed by atoms with E-state index in [0.717, 1.165) is 22.6 Å². The number of aromatic nitrogens is 2. The van der Waals surface area contributed by atoms with E-state index in [9.17, 15) is 9.59 Å². The Labute approximate surface area is 224 Å². The molecule has 0 N–H and O–H groups in total. The van der Waals surface area contributed by atoms with Crippen molar-refractivity contribution < 1.29 is 14.3 Å². The van der Waals surface area contributed by atoms with E-state index in [1.54, 1.807) is 30.9 Å². The summed E-state index contributed by atoms with van der Waals surface area (Å²) in [5.41, 5.74) is 5.69. The average Bonchev–Trinajstić information content (AvgIpc) is 3.36. The predicted octanol–water partition coefficient (Wildman–Crippen LogP) is 4.25. The third kappa shape index (κ3) is 4.20. The van der Waals surface area contributed by atoms with Crippen molar-refractivity contribution in [3.05, 3.63) is 108 Å². The van der Waals surface area contributed by atoms with E-state index in [-0.39, 0.29) is 11.3 Å². The first kappa shape index (κ1) is 25.5. The zero-order valence-corrected chi connectivity index (χ0v) is 23.1. The molecule has 0 spiro atoms. The van der Waals surface area contributed by atoms with Crippen molar-refractivity contribution in [2.75, 3.05) is 14.2 Å². The lowest BCUT2D eigenvalue weighted by atomic mass is 9.92. The summed E-state index contributed by atoms with van der Waals surface area (Å²) in [5, 5.41) is 0. The molecule has 7 nitrogen and oxygen atoms in total. The van der Waals surface area contributed by atoms with Crippen LogP contribution in [0.3, 0.4) is 0 Å². The van der Waals surface area contributed by atoms with Gasteiger partial charge in [-0.25, -0.2) is 4.99 Å². The summed E-state index contributed by atoms with van der Waals surface area (Å²) in [4.78, 5) is 32.0. The number of para-hydroxylation sites is 1. The molecule has 0 saturated heterocycles. The summed E-state index contributed by atoms with van der Waals surface area (Å²) in [6.07, 6.45) is 1.92. The maximum Gasteiger partial charge on any atom is 0.271 e. The molecular formula is C30H29N3O4S. The Morgan fingerprint density at radius 1 is 1.03 bits per heavy atom. The minimum Gasteiger partial charge on any atom is -0.497 e. The number of aryl methyl sites for hydroxylation is 1. The van der Waals surface area contributed by atoms with Crippen LogP contribution in [0.15, 0.2) is 75.7 Å². The van der Waals surface area contributed by atoms with Crippen molar-refractivity contribution in [3.8, 4) is 17.2 Å². The number of ether oxygens (including phenoxy) is 2. The Bertz CT molecular complexity index is 1770. The number of allylic oxidation sites excluding steroid dienone is 2. The molecule has 0 saturated carbocycles. The van der Waals surface area contributed by atoms with E-state index in [0.29, 0.717) is 37.7 Å². The summed E-state index contributed by atoms with van der Waals surface area (Å²) in [6, 6.07) is 17.0. The molecule has 38 heavy (non-hydrogen) atoms. The molecule has 5 rings (SSSR count). The zero-order valence-electron chi connectivity index (χ0n) is 22.2. The molecule has 0 radical (unpaired) electrons. The molecule has 1 aliphatic rings. The van der Waals surface area contributed by atoms with Gasteiger partial charge >= 0.3 is 0 Å². The number of rotatable bonds is 6.